The summed E-state index contributed by atoms with van der Waals surface area (Å²) in [7, 11) is 0. The van der Waals surface area contributed by atoms with Gasteiger partial charge in [-0.3, -0.25) is 4.79 Å². The molecule has 1 saturated heterocycles. The monoisotopic (exact) mass is 347 g/mol. The van der Waals surface area contributed by atoms with Crippen LogP contribution < -0.4 is 5.32 Å². The molecular weight excluding hydrogens is 326 g/mol. The van der Waals surface area contributed by atoms with Crippen molar-refractivity contribution in [3.63, 3.8) is 0 Å². The van der Waals surface area contributed by atoms with Crippen molar-refractivity contribution in [3.8, 4) is 16.9 Å². The predicted molar refractivity (Wildman–Crippen MR) is 99.8 cm³/mol. The maximum atomic E-state index is 12.3. The zero-order chi connectivity index (χ0) is 17.8. The maximum Gasteiger partial charge on any atom is 0.249 e. The highest BCUT2D eigenvalue weighted by Crippen LogP contribution is 2.23. The van der Waals surface area contributed by atoms with E-state index in [1.54, 1.807) is 0 Å². The number of benzene rings is 2. The molecule has 0 saturated carbocycles. The average molecular weight is 347 g/mol. The van der Waals surface area contributed by atoms with E-state index >= 15 is 0 Å². The largest absolute Gasteiger partial charge is 0.368 e. The van der Waals surface area contributed by atoms with Crippen LogP contribution in [0.3, 0.4) is 0 Å². The van der Waals surface area contributed by atoms with Gasteiger partial charge in [0, 0.05) is 30.5 Å². The van der Waals surface area contributed by atoms with Crippen LogP contribution in [0, 0.1) is 0 Å². The first-order valence-electron chi connectivity index (χ1n) is 8.90. The number of hydrogen-bond donors (Lipinski definition) is 1. The van der Waals surface area contributed by atoms with Gasteiger partial charge in [0.15, 0.2) is 0 Å². The molecule has 1 aromatic heterocycles. The van der Waals surface area contributed by atoms with Gasteiger partial charge in [-0.15, -0.1) is 0 Å². The van der Waals surface area contributed by atoms with E-state index in [4.69, 9.17) is 9.84 Å². The second-order valence-electron chi connectivity index (χ2n) is 6.37. The number of hydrogen-bond acceptors (Lipinski definition) is 3. The summed E-state index contributed by atoms with van der Waals surface area (Å²) in [5, 5.41) is 7.76. The third-order valence-corrected chi connectivity index (χ3v) is 4.53. The maximum absolute atomic E-state index is 12.3. The number of carbonyl (C=O) groups excluding carboxylic acids is 1. The van der Waals surface area contributed by atoms with Gasteiger partial charge < -0.3 is 10.1 Å². The molecular formula is C21H21N3O2. The van der Waals surface area contributed by atoms with Crippen molar-refractivity contribution in [2.24, 2.45) is 0 Å². The van der Waals surface area contributed by atoms with E-state index in [0.717, 1.165) is 35.3 Å². The summed E-state index contributed by atoms with van der Waals surface area (Å²) in [4.78, 5) is 12.3. The lowest BCUT2D eigenvalue weighted by molar-refractivity contribution is -0.130. The Labute approximate surface area is 152 Å². The Morgan fingerprint density at radius 2 is 1.85 bits per heavy atom. The lowest BCUT2D eigenvalue weighted by Gasteiger charge is -2.10. The van der Waals surface area contributed by atoms with Crippen molar-refractivity contribution >= 4 is 5.91 Å². The molecule has 26 heavy (non-hydrogen) atoms. The molecule has 1 fully saturated rings. The molecule has 0 radical (unpaired) electrons. The molecule has 1 N–H and O–H groups in total. The molecule has 2 aromatic carbocycles. The second kappa shape index (κ2) is 7.54. The zero-order valence-corrected chi connectivity index (χ0v) is 14.5. The van der Waals surface area contributed by atoms with Crippen LogP contribution in [0.15, 0.2) is 66.9 Å². The number of amides is 1. The predicted octanol–water partition coefficient (Wildman–Crippen LogP) is 3.33. The Kier molecular flexibility index (Phi) is 4.80. The fourth-order valence-electron chi connectivity index (χ4n) is 3.17. The summed E-state index contributed by atoms with van der Waals surface area (Å²) in [5.41, 5.74) is 3.87. The Balaban J connectivity index is 1.61. The normalized spacial score (nSPS) is 16.5. The van der Waals surface area contributed by atoms with E-state index in [1.165, 1.54) is 0 Å². The van der Waals surface area contributed by atoms with Crippen molar-refractivity contribution in [3.05, 3.63) is 72.4 Å². The van der Waals surface area contributed by atoms with Gasteiger partial charge in [0.2, 0.25) is 5.91 Å². The number of aromatic nitrogens is 2. The SMILES string of the molecule is O=C(NCc1cn(-c2ccccc2)nc1-c1ccccc1)[C@@H]1CCCO1. The van der Waals surface area contributed by atoms with Crippen LogP contribution in [0.2, 0.25) is 0 Å². The first kappa shape index (κ1) is 16.5. The van der Waals surface area contributed by atoms with E-state index in [-0.39, 0.29) is 12.0 Å². The molecule has 0 spiro atoms. The molecule has 5 heteroatoms. The van der Waals surface area contributed by atoms with Crippen LogP contribution in [-0.2, 0) is 16.1 Å². The first-order valence-corrected chi connectivity index (χ1v) is 8.90. The van der Waals surface area contributed by atoms with Gasteiger partial charge in [-0.1, -0.05) is 48.5 Å². The minimum atomic E-state index is -0.320. The standard InChI is InChI=1S/C21H21N3O2/c25-21(19-12-7-13-26-19)22-14-17-15-24(18-10-5-2-6-11-18)23-20(17)16-8-3-1-4-9-16/h1-6,8-11,15,19H,7,12-14H2,(H,22,25)/t19-/m0/s1. The molecule has 5 nitrogen and oxygen atoms in total. The van der Waals surface area contributed by atoms with Crippen LogP contribution in [0.4, 0.5) is 0 Å². The third-order valence-electron chi connectivity index (χ3n) is 4.53. The third kappa shape index (κ3) is 3.53. The van der Waals surface area contributed by atoms with Gasteiger partial charge in [0.05, 0.1) is 11.4 Å². The van der Waals surface area contributed by atoms with Gasteiger partial charge in [-0.25, -0.2) is 4.68 Å². The fraction of sp³-hybridized carbons (Fsp3) is 0.238. The molecule has 132 valence electrons. The van der Waals surface area contributed by atoms with Gasteiger partial charge in [-0.2, -0.15) is 5.10 Å². The van der Waals surface area contributed by atoms with Crippen LogP contribution in [0.5, 0.6) is 0 Å². The van der Waals surface area contributed by atoms with Crippen molar-refractivity contribution in [2.75, 3.05) is 6.61 Å². The van der Waals surface area contributed by atoms with E-state index in [9.17, 15) is 4.79 Å². The first-order chi connectivity index (χ1) is 12.8. The number of rotatable bonds is 5. The highest BCUT2D eigenvalue weighted by Gasteiger charge is 2.23. The lowest BCUT2D eigenvalue weighted by atomic mass is 10.1. The molecule has 0 aliphatic carbocycles. The number of para-hydroxylation sites is 1. The summed E-state index contributed by atoms with van der Waals surface area (Å²) in [6.45, 7) is 1.09. The lowest BCUT2D eigenvalue weighted by Crippen LogP contribution is -2.33. The Hall–Kier alpha value is -2.92. The van der Waals surface area contributed by atoms with E-state index in [0.29, 0.717) is 13.2 Å². The number of carbonyl (C=O) groups is 1. The summed E-state index contributed by atoms with van der Waals surface area (Å²) >= 11 is 0. The number of nitrogens with zero attached hydrogens (tertiary/aromatic N) is 2. The van der Waals surface area contributed by atoms with Gasteiger partial charge >= 0.3 is 0 Å². The van der Waals surface area contributed by atoms with Crippen molar-refractivity contribution in [1.29, 1.82) is 0 Å². The average Bonchev–Trinajstić information content (AvgIpc) is 3.38. The van der Waals surface area contributed by atoms with Crippen LogP contribution in [0.1, 0.15) is 18.4 Å². The Morgan fingerprint density at radius 3 is 2.54 bits per heavy atom. The van der Waals surface area contributed by atoms with Gasteiger partial charge in [-0.05, 0) is 25.0 Å². The highest BCUT2D eigenvalue weighted by molar-refractivity contribution is 5.81. The van der Waals surface area contributed by atoms with E-state index in [2.05, 4.69) is 5.32 Å². The number of ether oxygens (including phenoxy) is 1. The fourth-order valence-corrected chi connectivity index (χ4v) is 3.17. The zero-order valence-electron chi connectivity index (χ0n) is 14.5. The van der Waals surface area contributed by atoms with Crippen molar-refractivity contribution in [1.82, 2.24) is 15.1 Å². The van der Waals surface area contributed by atoms with Crippen molar-refractivity contribution in [2.45, 2.75) is 25.5 Å². The van der Waals surface area contributed by atoms with Crippen molar-refractivity contribution < 1.29 is 9.53 Å². The van der Waals surface area contributed by atoms with Crippen LogP contribution in [0.25, 0.3) is 16.9 Å². The molecule has 0 unspecified atom stereocenters. The molecule has 1 atom stereocenters. The molecule has 4 rings (SSSR count). The van der Waals surface area contributed by atoms with Gasteiger partial charge in [0.25, 0.3) is 0 Å². The summed E-state index contributed by atoms with van der Waals surface area (Å²) < 4.78 is 7.32. The molecule has 1 aliphatic heterocycles. The van der Waals surface area contributed by atoms with E-state index in [1.807, 2.05) is 71.5 Å². The van der Waals surface area contributed by atoms with Gasteiger partial charge in [0.1, 0.15) is 6.10 Å². The second-order valence-corrected chi connectivity index (χ2v) is 6.37. The summed E-state index contributed by atoms with van der Waals surface area (Å²) in [6.07, 6.45) is 3.40. The number of nitrogens with one attached hydrogen (secondary N) is 1. The quantitative estimate of drug-likeness (QED) is 0.770. The smallest absolute Gasteiger partial charge is 0.249 e. The van der Waals surface area contributed by atoms with Crippen LogP contribution >= 0.6 is 0 Å². The van der Waals surface area contributed by atoms with E-state index < -0.39 is 0 Å². The Morgan fingerprint density at radius 1 is 1.12 bits per heavy atom. The molecule has 1 aliphatic rings. The minimum Gasteiger partial charge on any atom is -0.368 e. The molecule has 1 amide bonds. The molecule has 0 bridgehead atoms. The molecule has 3 aromatic rings. The highest BCUT2D eigenvalue weighted by atomic mass is 16.5. The summed E-state index contributed by atoms with van der Waals surface area (Å²) in [6, 6.07) is 20.0. The minimum absolute atomic E-state index is 0.0472. The Bertz CT molecular complexity index is 869. The molecule has 2 heterocycles. The summed E-state index contributed by atoms with van der Waals surface area (Å²) in [5.74, 6) is -0.0472. The van der Waals surface area contributed by atoms with Crippen LogP contribution in [-0.4, -0.2) is 28.4 Å². The topological polar surface area (TPSA) is 56.2 Å².